The summed E-state index contributed by atoms with van der Waals surface area (Å²) in [5.74, 6) is 0.594. The Hall–Kier alpha value is -1.27. The van der Waals surface area contributed by atoms with Crippen LogP contribution >= 0.6 is 35.3 Å². The third kappa shape index (κ3) is 4.86. The van der Waals surface area contributed by atoms with Crippen LogP contribution in [0.4, 0.5) is 5.69 Å². The number of piperidine rings is 1. The fourth-order valence-electron chi connectivity index (χ4n) is 2.59. The SMILES string of the molecule is CN1CCC(Oc2cccc(NC(=O)c3sccc3Cl)c2)CC1.Cl. The smallest absolute Gasteiger partial charge is 0.267 e. The average Bonchev–Trinajstić information content (AvgIpc) is 2.96. The van der Waals surface area contributed by atoms with Crippen LogP contribution in [0, 0.1) is 0 Å². The Balaban J connectivity index is 0.00000208. The number of hydrogen-bond acceptors (Lipinski definition) is 4. The first-order valence-electron chi connectivity index (χ1n) is 7.61. The highest BCUT2D eigenvalue weighted by Gasteiger charge is 2.18. The lowest BCUT2D eigenvalue weighted by molar-refractivity contribution is 0.103. The number of carbonyl (C=O) groups excluding carboxylic acids is 1. The maximum atomic E-state index is 12.2. The molecule has 1 fully saturated rings. The van der Waals surface area contributed by atoms with Gasteiger partial charge in [0.25, 0.3) is 5.91 Å². The van der Waals surface area contributed by atoms with Crippen molar-refractivity contribution in [2.24, 2.45) is 0 Å². The highest BCUT2D eigenvalue weighted by atomic mass is 35.5. The number of benzene rings is 1. The molecule has 1 amide bonds. The normalized spacial score (nSPS) is 15.6. The summed E-state index contributed by atoms with van der Waals surface area (Å²) in [5, 5.41) is 5.15. The van der Waals surface area contributed by atoms with Gasteiger partial charge in [-0.2, -0.15) is 0 Å². The molecule has 2 heterocycles. The number of hydrogen-bond donors (Lipinski definition) is 1. The molecule has 4 nitrogen and oxygen atoms in total. The summed E-state index contributed by atoms with van der Waals surface area (Å²) in [6, 6.07) is 9.24. The molecule has 1 aromatic heterocycles. The summed E-state index contributed by atoms with van der Waals surface area (Å²) in [7, 11) is 2.13. The van der Waals surface area contributed by atoms with Gasteiger partial charge in [-0.15, -0.1) is 23.7 Å². The fourth-order valence-corrected chi connectivity index (χ4v) is 3.62. The Morgan fingerprint density at radius 2 is 2.08 bits per heavy atom. The Morgan fingerprint density at radius 3 is 2.75 bits per heavy atom. The first-order chi connectivity index (χ1) is 11.1. The molecule has 1 aliphatic rings. The zero-order valence-electron chi connectivity index (χ0n) is 13.3. The van der Waals surface area contributed by atoms with E-state index >= 15 is 0 Å². The van der Waals surface area contributed by atoms with Gasteiger partial charge in [0.2, 0.25) is 0 Å². The van der Waals surface area contributed by atoms with Crippen molar-refractivity contribution in [2.45, 2.75) is 18.9 Å². The molecule has 130 valence electrons. The molecule has 0 radical (unpaired) electrons. The number of likely N-dealkylation sites (tertiary alicyclic amines) is 1. The van der Waals surface area contributed by atoms with Crippen LogP contribution in [0.5, 0.6) is 5.75 Å². The molecular weight excluding hydrogens is 367 g/mol. The van der Waals surface area contributed by atoms with Gasteiger partial charge in [-0.25, -0.2) is 0 Å². The summed E-state index contributed by atoms with van der Waals surface area (Å²) in [6.07, 6.45) is 2.29. The van der Waals surface area contributed by atoms with Crippen LogP contribution in [0.1, 0.15) is 22.5 Å². The Labute approximate surface area is 157 Å². The van der Waals surface area contributed by atoms with Crippen molar-refractivity contribution in [3.05, 3.63) is 45.6 Å². The van der Waals surface area contributed by atoms with Crippen LogP contribution in [0.25, 0.3) is 0 Å². The molecule has 1 saturated heterocycles. The summed E-state index contributed by atoms with van der Waals surface area (Å²) in [6.45, 7) is 2.11. The molecule has 0 aliphatic carbocycles. The topological polar surface area (TPSA) is 41.6 Å². The number of rotatable bonds is 4. The van der Waals surface area contributed by atoms with Gasteiger partial charge < -0.3 is 15.0 Å². The third-order valence-electron chi connectivity index (χ3n) is 3.88. The zero-order valence-corrected chi connectivity index (χ0v) is 15.7. The summed E-state index contributed by atoms with van der Waals surface area (Å²) >= 11 is 7.32. The molecule has 1 aliphatic heterocycles. The van der Waals surface area contributed by atoms with E-state index in [1.165, 1.54) is 11.3 Å². The molecule has 2 aromatic rings. The lowest BCUT2D eigenvalue weighted by atomic mass is 10.1. The molecule has 0 bridgehead atoms. The molecular formula is C17H20Cl2N2O2S. The van der Waals surface area contributed by atoms with Gasteiger partial charge in [-0.3, -0.25) is 4.79 Å². The van der Waals surface area contributed by atoms with Crippen LogP contribution < -0.4 is 10.1 Å². The number of amides is 1. The van der Waals surface area contributed by atoms with Crippen molar-refractivity contribution < 1.29 is 9.53 Å². The molecule has 0 unspecified atom stereocenters. The average molecular weight is 387 g/mol. The van der Waals surface area contributed by atoms with Crippen LogP contribution in [-0.2, 0) is 0 Å². The van der Waals surface area contributed by atoms with Gasteiger partial charge in [0.15, 0.2) is 0 Å². The highest BCUT2D eigenvalue weighted by molar-refractivity contribution is 7.12. The van der Waals surface area contributed by atoms with Crippen LogP contribution in [0.3, 0.4) is 0 Å². The monoisotopic (exact) mass is 386 g/mol. The van der Waals surface area contributed by atoms with Crippen molar-refractivity contribution >= 4 is 46.9 Å². The summed E-state index contributed by atoms with van der Waals surface area (Å²) in [4.78, 5) is 15.0. The second-order valence-electron chi connectivity index (χ2n) is 5.70. The second-order valence-corrected chi connectivity index (χ2v) is 7.02. The maximum Gasteiger partial charge on any atom is 0.267 e. The van der Waals surface area contributed by atoms with Gasteiger partial charge >= 0.3 is 0 Å². The quantitative estimate of drug-likeness (QED) is 0.837. The molecule has 1 N–H and O–H groups in total. The summed E-state index contributed by atoms with van der Waals surface area (Å²) in [5.41, 5.74) is 0.713. The predicted octanol–water partition coefficient (Wildman–Crippen LogP) is 4.55. The van der Waals surface area contributed by atoms with E-state index in [0.29, 0.717) is 15.6 Å². The Morgan fingerprint density at radius 1 is 1.33 bits per heavy atom. The fraction of sp³-hybridized carbons (Fsp3) is 0.353. The van der Waals surface area contributed by atoms with Crippen LogP contribution in [-0.4, -0.2) is 37.0 Å². The van der Waals surface area contributed by atoms with E-state index in [1.54, 1.807) is 11.4 Å². The minimum Gasteiger partial charge on any atom is -0.490 e. The largest absolute Gasteiger partial charge is 0.490 e. The van der Waals surface area contributed by atoms with Crippen LogP contribution in [0.15, 0.2) is 35.7 Å². The maximum absolute atomic E-state index is 12.2. The van der Waals surface area contributed by atoms with E-state index in [4.69, 9.17) is 16.3 Å². The Kier molecular flexibility index (Phi) is 6.92. The van der Waals surface area contributed by atoms with Crippen molar-refractivity contribution in [3.8, 4) is 5.75 Å². The van der Waals surface area contributed by atoms with E-state index < -0.39 is 0 Å². The number of nitrogens with zero attached hydrogens (tertiary/aromatic N) is 1. The van der Waals surface area contributed by atoms with Gasteiger partial charge in [0.1, 0.15) is 16.7 Å². The lowest BCUT2D eigenvalue weighted by Gasteiger charge is -2.29. The van der Waals surface area contributed by atoms with Gasteiger partial charge in [0.05, 0.1) is 5.02 Å². The van der Waals surface area contributed by atoms with Gasteiger partial charge in [-0.05, 0) is 43.5 Å². The van der Waals surface area contributed by atoms with E-state index in [0.717, 1.165) is 31.7 Å². The van der Waals surface area contributed by atoms with Crippen LogP contribution in [0.2, 0.25) is 5.02 Å². The number of halogens is 2. The Bertz CT molecular complexity index is 685. The molecule has 0 spiro atoms. The molecule has 3 rings (SSSR count). The lowest BCUT2D eigenvalue weighted by Crippen LogP contribution is -2.35. The van der Waals surface area contributed by atoms with E-state index in [9.17, 15) is 4.79 Å². The molecule has 24 heavy (non-hydrogen) atoms. The van der Waals surface area contributed by atoms with Crippen molar-refractivity contribution in [3.63, 3.8) is 0 Å². The third-order valence-corrected chi connectivity index (χ3v) is 5.22. The highest BCUT2D eigenvalue weighted by Crippen LogP contribution is 2.25. The van der Waals surface area contributed by atoms with Crippen molar-refractivity contribution in [1.29, 1.82) is 0 Å². The minimum absolute atomic E-state index is 0. The van der Waals surface area contributed by atoms with Gasteiger partial charge in [-0.1, -0.05) is 17.7 Å². The zero-order chi connectivity index (χ0) is 16.2. The minimum atomic E-state index is -0.193. The first-order valence-corrected chi connectivity index (χ1v) is 8.87. The second kappa shape index (κ2) is 8.72. The van der Waals surface area contributed by atoms with E-state index in [-0.39, 0.29) is 24.4 Å². The number of nitrogens with one attached hydrogen (secondary N) is 1. The predicted molar refractivity (Wildman–Crippen MR) is 102 cm³/mol. The molecule has 0 atom stereocenters. The van der Waals surface area contributed by atoms with Crippen molar-refractivity contribution in [1.82, 2.24) is 4.90 Å². The standard InChI is InChI=1S/C17H19ClN2O2S.ClH/c1-20-8-5-13(6-9-20)22-14-4-2-3-12(11-14)19-17(21)16-15(18)7-10-23-16;/h2-4,7,10-11,13H,5-6,8-9H2,1H3,(H,19,21);1H. The van der Waals surface area contributed by atoms with Gasteiger partial charge in [0, 0.05) is 24.8 Å². The molecule has 1 aromatic carbocycles. The van der Waals surface area contributed by atoms with E-state index in [2.05, 4.69) is 17.3 Å². The number of anilines is 1. The number of ether oxygens (including phenoxy) is 1. The first kappa shape index (κ1) is 19.1. The van der Waals surface area contributed by atoms with E-state index in [1.807, 2.05) is 24.3 Å². The molecule has 7 heteroatoms. The summed E-state index contributed by atoms with van der Waals surface area (Å²) < 4.78 is 6.04. The number of carbonyl (C=O) groups is 1. The van der Waals surface area contributed by atoms with Crippen molar-refractivity contribution in [2.75, 3.05) is 25.5 Å². The molecule has 0 saturated carbocycles. The number of thiophene rings is 1.